The number of carboxylic acids is 2. The van der Waals surface area contributed by atoms with Crippen LogP contribution in [0.2, 0.25) is 0 Å². The van der Waals surface area contributed by atoms with E-state index in [2.05, 4.69) is 0 Å². The molecule has 0 aromatic carbocycles. The minimum absolute atomic E-state index is 1.82. The van der Waals surface area contributed by atoms with Crippen molar-refractivity contribution in [2.75, 3.05) is 0 Å². The molecule has 0 fully saturated rings. The molecule has 0 spiro atoms. The van der Waals surface area contributed by atoms with E-state index in [1.807, 2.05) is 0 Å². The molecule has 16 heavy (non-hydrogen) atoms. The van der Waals surface area contributed by atoms with Gasteiger partial charge in [0, 0.05) is 0 Å². The summed E-state index contributed by atoms with van der Waals surface area (Å²) in [5, 5.41) is 14.8. The Balaban J connectivity index is -0.000000160. The van der Waals surface area contributed by atoms with Crippen LogP contribution in [-0.2, 0) is 41.2 Å². The fraction of sp³-hybridized carbons (Fsp3) is 0. The van der Waals surface area contributed by atoms with Crippen LogP contribution in [0.25, 0.3) is 0 Å². The molecule has 6 N–H and O–H groups in total. The van der Waals surface area contributed by atoms with Gasteiger partial charge in [-0.2, -0.15) is 8.42 Å². The number of carbonyl (C=O) groups is 2. The molecule has 0 saturated heterocycles. The summed E-state index contributed by atoms with van der Waals surface area (Å²) in [6, 6.07) is 0. The molecule has 0 unspecified atom stereocenters. The molecule has 0 aliphatic carbocycles. The predicted molar refractivity (Wildman–Crippen MR) is 35.3 cm³/mol. The first-order valence-electron chi connectivity index (χ1n) is 2.50. The molecule has 0 aliphatic heterocycles. The molecule has 0 rings (SSSR count). The number of carboxylic acid groups (broad SMARTS) is 2. The third kappa shape index (κ3) is 221. The molecule has 0 aromatic rings. The standard InChI is InChI=1S/C2H2O4.Cr.H2O4S.2H2O.2O/c3-1(4)2(5)6;;1-5(2,3)4;;;;/h(H,3,4)(H,5,6);;(H2,1,2,3,4);2*1H2;;/q;+2;;;;;/p-2. The first kappa shape index (κ1) is 20.3. The second-order valence-corrected chi connectivity index (χ2v) is 3.80. The molecule has 0 amide bonds. The normalized spacial score (nSPS) is 10.0. The first-order valence-corrected chi connectivity index (χ1v) is 6.08. The van der Waals surface area contributed by atoms with Gasteiger partial charge in [0.05, 0.1) is 0 Å². The molecule has 0 aliphatic rings. The van der Waals surface area contributed by atoms with Crippen LogP contribution in [0.4, 0.5) is 0 Å². The number of rotatable bonds is 0. The van der Waals surface area contributed by atoms with Crippen molar-refractivity contribution in [2.45, 2.75) is 0 Å². The van der Waals surface area contributed by atoms with Crippen molar-refractivity contribution in [3.63, 3.8) is 0 Å². The number of aliphatic carboxylic acids is 2. The van der Waals surface area contributed by atoms with Gasteiger partial charge in [-0.15, -0.1) is 0 Å². The van der Waals surface area contributed by atoms with Gasteiger partial charge in [0.1, 0.15) is 0 Å². The van der Waals surface area contributed by atoms with E-state index in [0.29, 0.717) is 0 Å². The second kappa shape index (κ2) is 8.07. The SMILES string of the molecule is O=C(O)C(=O)O.O=S(=O)(O)O.[O]=[Cr](=[O])([OH])[OH]. The van der Waals surface area contributed by atoms with Crippen LogP contribution in [0.5, 0.6) is 0 Å². The van der Waals surface area contributed by atoms with Crippen LogP contribution in [0, 0.1) is 0 Å². The molecule has 14 heteroatoms. The van der Waals surface area contributed by atoms with E-state index < -0.39 is 36.0 Å². The summed E-state index contributed by atoms with van der Waals surface area (Å²) in [5.41, 5.74) is 0. The monoisotopic (exact) mass is 306 g/mol. The van der Waals surface area contributed by atoms with Gasteiger partial charge >= 0.3 is 51.9 Å². The summed E-state index contributed by atoms with van der Waals surface area (Å²) in [4.78, 5) is 18.2. The van der Waals surface area contributed by atoms with E-state index in [1.54, 1.807) is 0 Å². The summed E-state index contributed by atoms with van der Waals surface area (Å²) in [5.74, 6) is -3.65. The van der Waals surface area contributed by atoms with Gasteiger partial charge in [0.15, 0.2) is 0 Å². The Kier molecular flexibility index (Phi) is 10.2. The van der Waals surface area contributed by atoms with E-state index in [9.17, 15) is 0 Å². The Bertz CT molecular complexity index is 354. The molecule has 0 radical (unpaired) electrons. The second-order valence-electron chi connectivity index (χ2n) is 1.51. The van der Waals surface area contributed by atoms with Crippen molar-refractivity contribution in [3.05, 3.63) is 0 Å². The fourth-order valence-electron chi connectivity index (χ4n) is 0. The van der Waals surface area contributed by atoms with Gasteiger partial charge in [-0.1, -0.05) is 0 Å². The maximum atomic E-state index is 9.10. The van der Waals surface area contributed by atoms with Crippen LogP contribution >= 0.6 is 0 Å². The summed E-state index contributed by atoms with van der Waals surface area (Å²) in [6.07, 6.45) is 0. The molecule has 0 bridgehead atoms. The van der Waals surface area contributed by atoms with E-state index in [-0.39, 0.29) is 0 Å². The number of hydrogen-bond donors (Lipinski definition) is 6. The Morgan fingerprint density at radius 3 is 0.938 bits per heavy atom. The molecule has 0 saturated carbocycles. The van der Waals surface area contributed by atoms with Crippen molar-refractivity contribution in [3.8, 4) is 0 Å². The van der Waals surface area contributed by atoms with Crippen molar-refractivity contribution < 1.29 is 66.9 Å². The third-order valence-electron chi connectivity index (χ3n) is 0.183. The molecule has 0 heterocycles. The van der Waals surface area contributed by atoms with Crippen molar-refractivity contribution in [1.82, 2.24) is 0 Å². The quantitative estimate of drug-likeness (QED) is 0.196. The van der Waals surface area contributed by atoms with E-state index in [4.69, 9.17) is 53.2 Å². The van der Waals surface area contributed by atoms with Crippen LogP contribution in [0.3, 0.4) is 0 Å². The van der Waals surface area contributed by atoms with Crippen LogP contribution in [0.15, 0.2) is 0 Å². The predicted octanol–water partition coefficient (Wildman–Crippen LogP) is -2.85. The zero-order chi connectivity index (χ0) is 14.2. The summed E-state index contributed by atoms with van der Waals surface area (Å²) in [6.45, 7) is 0. The maximum absolute atomic E-state index is 9.10. The van der Waals surface area contributed by atoms with Gasteiger partial charge in [-0.25, -0.2) is 9.59 Å². The topological polar surface area (TPSA) is 224 Å². The average molecular weight is 306 g/mol. The molecular weight excluding hydrogens is 300 g/mol. The summed E-state index contributed by atoms with van der Waals surface area (Å²) >= 11 is -5.25. The van der Waals surface area contributed by atoms with Crippen molar-refractivity contribution in [2.24, 2.45) is 0 Å². The zero-order valence-corrected chi connectivity index (χ0v) is 9.04. The molecule has 0 aromatic heterocycles. The van der Waals surface area contributed by atoms with Gasteiger partial charge in [0.25, 0.3) is 0 Å². The molecule has 12 nitrogen and oxygen atoms in total. The third-order valence-corrected chi connectivity index (χ3v) is 0.183. The Labute approximate surface area is 89.7 Å². The van der Waals surface area contributed by atoms with E-state index in [0.717, 1.165) is 0 Å². The zero-order valence-electron chi connectivity index (χ0n) is 6.95. The van der Waals surface area contributed by atoms with Crippen LogP contribution < -0.4 is 0 Å². The van der Waals surface area contributed by atoms with Crippen molar-refractivity contribution >= 4 is 22.3 Å². The van der Waals surface area contributed by atoms with Crippen LogP contribution in [0.1, 0.15) is 0 Å². The fourth-order valence-corrected chi connectivity index (χ4v) is 0. The number of hydrogen-bond acceptors (Lipinski definition) is 6. The summed E-state index contributed by atoms with van der Waals surface area (Å²) < 4.78 is 63.5. The minimum atomic E-state index is -5.25. The average Bonchev–Trinajstić information content (AvgIpc) is 1.77. The van der Waals surface area contributed by atoms with Gasteiger partial charge < -0.3 is 10.2 Å². The molecule has 98 valence electrons. The Hall–Kier alpha value is -1.14. The van der Waals surface area contributed by atoms with E-state index in [1.165, 1.54) is 0 Å². The Morgan fingerprint density at radius 1 is 0.875 bits per heavy atom. The first-order chi connectivity index (χ1) is 6.64. The Morgan fingerprint density at radius 2 is 0.938 bits per heavy atom. The van der Waals surface area contributed by atoms with Gasteiger partial charge in [-0.3, -0.25) is 9.11 Å². The van der Waals surface area contributed by atoms with Crippen LogP contribution in [-0.4, -0.2) is 48.0 Å². The molecular formula is C2H6CrO12S. The van der Waals surface area contributed by atoms with Crippen molar-refractivity contribution in [1.29, 1.82) is 0 Å². The molecule has 0 atom stereocenters. The van der Waals surface area contributed by atoms with Gasteiger partial charge in [-0.05, 0) is 0 Å². The summed E-state index contributed by atoms with van der Waals surface area (Å²) in [7, 11) is -4.67. The van der Waals surface area contributed by atoms with Gasteiger partial charge in [0.2, 0.25) is 0 Å². The van der Waals surface area contributed by atoms with E-state index >= 15 is 0 Å².